The Balaban J connectivity index is 1.57. The predicted molar refractivity (Wildman–Crippen MR) is 216 cm³/mol. The molecule has 332 valence electrons. The molecule has 13 heteroatoms. The summed E-state index contributed by atoms with van der Waals surface area (Å²) in [4.78, 5) is 39.5. The Morgan fingerprint density at radius 1 is 0.897 bits per heavy atom. The highest BCUT2D eigenvalue weighted by atomic mass is 16.7. The monoisotopic (exact) mass is 823 g/mol. The second kappa shape index (κ2) is 24.2. The topological polar surface area (TPSA) is 177 Å². The van der Waals surface area contributed by atoms with Crippen molar-refractivity contribution < 1.29 is 62.9 Å². The zero-order valence-electron chi connectivity index (χ0n) is 35.9. The highest BCUT2D eigenvalue weighted by molar-refractivity contribution is 5.83. The van der Waals surface area contributed by atoms with Crippen molar-refractivity contribution in [3.05, 3.63) is 23.8 Å². The van der Waals surface area contributed by atoms with Crippen LogP contribution in [0, 0.1) is 5.41 Å². The quantitative estimate of drug-likeness (QED) is 0.0504. The maximum absolute atomic E-state index is 13.5. The number of carbonyl (C=O) groups excluding carboxylic acids is 3. The van der Waals surface area contributed by atoms with Gasteiger partial charge < -0.3 is 48.5 Å². The van der Waals surface area contributed by atoms with Crippen LogP contribution in [0.25, 0.3) is 0 Å². The van der Waals surface area contributed by atoms with Gasteiger partial charge in [-0.15, -0.1) is 0 Å². The Bertz CT molecular complexity index is 1330. The molecule has 0 aromatic heterocycles. The third-order valence-electron chi connectivity index (χ3n) is 12.1. The van der Waals surface area contributed by atoms with Crippen molar-refractivity contribution in [3.8, 4) is 0 Å². The fourth-order valence-electron chi connectivity index (χ4n) is 8.57. The van der Waals surface area contributed by atoms with Crippen LogP contribution < -0.4 is 0 Å². The highest BCUT2D eigenvalue weighted by Crippen LogP contribution is 2.47. The van der Waals surface area contributed by atoms with Crippen LogP contribution in [-0.2, 0) is 47.5 Å². The van der Waals surface area contributed by atoms with Gasteiger partial charge in [0.05, 0.1) is 56.8 Å². The van der Waals surface area contributed by atoms with Gasteiger partial charge in [-0.3, -0.25) is 9.59 Å². The molecule has 0 spiro atoms. The summed E-state index contributed by atoms with van der Waals surface area (Å²) in [5.74, 6) is -4.21. The maximum Gasteiger partial charge on any atom is 0.330 e. The number of rotatable bonds is 15. The van der Waals surface area contributed by atoms with Gasteiger partial charge in [0, 0.05) is 30.8 Å². The molecule has 0 aromatic rings. The first-order valence-corrected chi connectivity index (χ1v) is 22.3. The van der Waals surface area contributed by atoms with Gasteiger partial charge in [0.25, 0.3) is 0 Å². The highest BCUT2D eigenvalue weighted by Gasteiger charge is 2.57. The first-order chi connectivity index (χ1) is 27.7. The lowest BCUT2D eigenvalue weighted by Gasteiger charge is -2.51. The fourth-order valence-corrected chi connectivity index (χ4v) is 8.57. The Morgan fingerprint density at radius 2 is 1.53 bits per heavy atom. The van der Waals surface area contributed by atoms with E-state index in [4.69, 9.17) is 33.2 Å². The smallest absolute Gasteiger partial charge is 0.330 e. The van der Waals surface area contributed by atoms with Crippen LogP contribution >= 0.6 is 0 Å². The number of methoxy groups -OCH3 is 1. The second-order valence-corrected chi connectivity index (χ2v) is 17.5. The summed E-state index contributed by atoms with van der Waals surface area (Å²) in [5, 5.41) is 34.5. The van der Waals surface area contributed by atoms with Crippen LogP contribution in [0.5, 0.6) is 0 Å². The number of aliphatic hydroxyl groups excluding tert-OH is 2. The molecule has 4 aliphatic heterocycles. The number of ether oxygens (including phenoxy) is 7. The number of carbonyl (C=O) groups is 3. The minimum Gasteiger partial charge on any atom is -0.466 e. The number of hydrogen-bond acceptors (Lipinski definition) is 13. The molecule has 3 fully saturated rings. The molecule has 10 atom stereocenters. The summed E-state index contributed by atoms with van der Waals surface area (Å²) in [6.07, 6.45) is 14.1. The third kappa shape index (κ3) is 15.3. The van der Waals surface area contributed by atoms with E-state index in [0.717, 1.165) is 38.5 Å². The van der Waals surface area contributed by atoms with Gasteiger partial charge in [0.2, 0.25) is 5.79 Å². The van der Waals surface area contributed by atoms with Gasteiger partial charge in [0.15, 0.2) is 12.4 Å². The molecule has 0 unspecified atom stereocenters. The average Bonchev–Trinajstić information content (AvgIpc) is 3.17. The van der Waals surface area contributed by atoms with Crippen molar-refractivity contribution in [2.24, 2.45) is 5.41 Å². The molecule has 3 saturated heterocycles. The van der Waals surface area contributed by atoms with Crippen LogP contribution in [0.4, 0.5) is 0 Å². The van der Waals surface area contributed by atoms with Gasteiger partial charge in [-0.1, -0.05) is 91.1 Å². The maximum atomic E-state index is 13.5. The molecule has 3 N–H and O–H groups in total. The van der Waals surface area contributed by atoms with E-state index < -0.39 is 65.9 Å². The van der Waals surface area contributed by atoms with E-state index in [0.29, 0.717) is 25.9 Å². The fraction of sp³-hybridized carbons (Fsp3) is 0.844. The molecular formula is C45H74O13. The first kappa shape index (κ1) is 48.3. The van der Waals surface area contributed by atoms with Gasteiger partial charge in [-0.05, 0) is 63.5 Å². The lowest BCUT2D eigenvalue weighted by atomic mass is 9.74. The van der Waals surface area contributed by atoms with E-state index in [9.17, 15) is 29.7 Å². The Morgan fingerprint density at radius 3 is 2.19 bits per heavy atom. The van der Waals surface area contributed by atoms with E-state index in [-0.39, 0.29) is 56.0 Å². The lowest BCUT2D eigenvalue weighted by molar-refractivity contribution is -0.327. The molecule has 13 nitrogen and oxygen atoms in total. The molecule has 6 bridgehead atoms. The van der Waals surface area contributed by atoms with Gasteiger partial charge >= 0.3 is 17.9 Å². The standard InChI is InChI=1S/C45H74O13/c1-6-7-8-9-10-11-12-13-14-15-16-20-39(48)57-43-32(26-40(49)52-5)25-37-30-38(31(2)46)56-41(50)28-33(47)27-34-18-17-19-35(54-34)29-36-22-24-53-42(55-36)21-23-44(3,4)45(43,51)58-37/h21,23,26,31,33-38,42-43,46-47,51H,6-20,22,24-25,27-30H2,1-5H3/b23-21-,32-26+/t31-,33-,34+,35-,36+,37+,38-,42+,43+,45-/m1/s1. The van der Waals surface area contributed by atoms with E-state index in [2.05, 4.69) is 6.92 Å². The number of cyclic esters (lactones) is 1. The van der Waals surface area contributed by atoms with Crippen LogP contribution in [-0.4, -0.2) is 108 Å². The predicted octanol–water partition coefficient (Wildman–Crippen LogP) is 7.06. The largest absolute Gasteiger partial charge is 0.466 e. The Hall–Kier alpha value is -2.39. The number of unbranched alkanes of at least 4 members (excludes halogenated alkanes) is 10. The molecule has 0 aliphatic carbocycles. The Kier molecular flexibility index (Phi) is 20.1. The summed E-state index contributed by atoms with van der Waals surface area (Å²) in [5.41, 5.74) is -1.05. The number of esters is 3. The average molecular weight is 823 g/mol. The zero-order chi connectivity index (χ0) is 42.1. The van der Waals surface area contributed by atoms with Gasteiger partial charge in [0.1, 0.15) is 6.10 Å². The van der Waals surface area contributed by atoms with Crippen LogP contribution in [0.3, 0.4) is 0 Å². The van der Waals surface area contributed by atoms with E-state index in [1.807, 2.05) is 0 Å². The first-order valence-electron chi connectivity index (χ1n) is 22.3. The molecular weight excluding hydrogens is 748 g/mol. The van der Waals surface area contributed by atoms with Crippen molar-refractivity contribution in [1.29, 1.82) is 0 Å². The second-order valence-electron chi connectivity index (χ2n) is 17.5. The summed E-state index contributed by atoms with van der Waals surface area (Å²) in [6.45, 7) is 7.60. The Labute approximate surface area is 346 Å². The molecule has 58 heavy (non-hydrogen) atoms. The zero-order valence-corrected chi connectivity index (χ0v) is 35.9. The minimum atomic E-state index is -2.26. The minimum absolute atomic E-state index is 0.00625. The summed E-state index contributed by atoms with van der Waals surface area (Å²) < 4.78 is 42.0. The molecule has 0 saturated carbocycles. The normalized spacial score (nSPS) is 34.0. The summed E-state index contributed by atoms with van der Waals surface area (Å²) in [6, 6.07) is 0. The van der Waals surface area contributed by atoms with Crippen LogP contribution in [0.2, 0.25) is 0 Å². The van der Waals surface area contributed by atoms with Crippen LogP contribution in [0.1, 0.15) is 163 Å². The summed E-state index contributed by atoms with van der Waals surface area (Å²) >= 11 is 0. The number of fused-ring (bicyclic) bond motifs is 6. The number of hydrogen-bond donors (Lipinski definition) is 3. The number of aliphatic hydroxyl groups is 3. The van der Waals surface area contributed by atoms with E-state index in [1.165, 1.54) is 65.1 Å². The van der Waals surface area contributed by atoms with Crippen molar-refractivity contribution in [2.75, 3.05) is 13.7 Å². The molecule has 0 radical (unpaired) electrons. The van der Waals surface area contributed by atoms with Crippen molar-refractivity contribution in [3.63, 3.8) is 0 Å². The SMILES string of the molecule is CCCCCCCCCCCCCC(=O)O[C@H]1/C(=C/C(=O)OC)C[C@H]2C[C@H]([C@@H](C)O)OC(=O)C[C@H](O)C[C@@H]3CCC[C@H](C[C@@H]4CCO[C@H](/C=C\C(C)(C)[C@]1(O)O2)O4)O3. The summed E-state index contributed by atoms with van der Waals surface area (Å²) in [7, 11) is 1.23. The van der Waals surface area contributed by atoms with Crippen molar-refractivity contribution in [1.82, 2.24) is 0 Å². The van der Waals surface area contributed by atoms with E-state index >= 15 is 0 Å². The van der Waals surface area contributed by atoms with Crippen molar-refractivity contribution >= 4 is 17.9 Å². The van der Waals surface area contributed by atoms with Crippen LogP contribution in [0.15, 0.2) is 23.8 Å². The molecule has 0 amide bonds. The lowest BCUT2D eigenvalue weighted by Crippen LogP contribution is -2.62. The molecule has 4 heterocycles. The van der Waals surface area contributed by atoms with Gasteiger partial charge in [-0.25, -0.2) is 4.79 Å². The third-order valence-corrected chi connectivity index (χ3v) is 12.1. The molecule has 4 aliphatic rings. The van der Waals surface area contributed by atoms with E-state index in [1.54, 1.807) is 26.0 Å². The van der Waals surface area contributed by atoms with Gasteiger partial charge in [-0.2, -0.15) is 0 Å². The molecule has 4 rings (SSSR count). The molecule has 0 aromatic carbocycles. The van der Waals surface area contributed by atoms with Crippen molar-refractivity contribution in [2.45, 2.75) is 223 Å².